The van der Waals surface area contributed by atoms with Crippen molar-refractivity contribution in [1.29, 1.82) is 0 Å². The van der Waals surface area contributed by atoms with Crippen molar-refractivity contribution in [3.63, 3.8) is 0 Å². The SMILES string of the molecule is [2H]C([2H])([2H])c1cc(C2([2H])CCC3(CCCCC3)CC2)cc(C([2H])([2H])[2H])c1-c1cc[n+](C)c(-c2cc(-c3ccccc3)c(F)cc2C)c1. The van der Waals surface area contributed by atoms with Crippen molar-refractivity contribution in [3.8, 4) is 33.5 Å². The van der Waals surface area contributed by atoms with Gasteiger partial charge in [0.1, 0.15) is 12.9 Å². The molecule has 2 aliphatic rings. The Morgan fingerprint density at radius 1 is 0.800 bits per heavy atom. The number of pyridine rings is 1. The van der Waals surface area contributed by atoms with Crippen LogP contribution in [0.4, 0.5) is 4.39 Å². The van der Waals surface area contributed by atoms with Gasteiger partial charge in [0.2, 0.25) is 5.69 Å². The first-order valence-corrected chi connectivity index (χ1v) is 14.7. The number of benzene rings is 3. The zero-order valence-corrected chi connectivity index (χ0v) is 23.6. The molecule has 0 unspecified atom stereocenters. The highest BCUT2D eigenvalue weighted by molar-refractivity contribution is 5.78. The Bertz CT molecular complexity index is 1740. The molecular formula is C38H43FN+. The fourth-order valence-corrected chi connectivity index (χ4v) is 7.11. The van der Waals surface area contributed by atoms with Gasteiger partial charge in [0.05, 0.1) is 0 Å². The third kappa shape index (κ3) is 5.14. The molecule has 1 aromatic heterocycles. The Hall–Kier alpha value is -3.26. The van der Waals surface area contributed by atoms with E-state index < -0.39 is 19.6 Å². The predicted octanol–water partition coefficient (Wildman–Crippen LogP) is 10.2. The third-order valence-electron chi connectivity index (χ3n) is 9.49. The zero-order valence-electron chi connectivity index (χ0n) is 30.6. The van der Waals surface area contributed by atoms with Gasteiger partial charge >= 0.3 is 0 Å². The second-order valence-corrected chi connectivity index (χ2v) is 12.0. The van der Waals surface area contributed by atoms with E-state index in [0.717, 1.165) is 24.0 Å². The van der Waals surface area contributed by atoms with Crippen LogP contribution in [0.15, 0.2) is 72.9 Å². The van der Waals surface area contributed by atoms with Crippen LogP contribution in [-0.2, 0) is 7.05 Å². The van der Waals surface area contributed by atoms with E-state index in [1.54, 1.807) is 36.5 Å². The highest BCUT2D eigenvalue weighted by Crippen LogP contribution is 2.51. The summed E-state index contributed by atoms with van der Waals surface area (Å²) in [5.74, 6) is -1.39. The summed E-state index contributed by atoms with van der Waals surface area (Å²) in [6.45, 7) is -3.41. The molecule has 2 saturated carbocycles. The Morgan fingerprint density at radius 3 is 2.17 bits per heavy atom. The summed E-state index contributed by atoms with van der Waals surface area (Å²) in [5, 5.41) is 0. The van der Waals surface area contributed by atoms with Crippen molar-refractivity contribution in [2.24, 2.45) is 12.5 Å². The molecule has 0 atom stereocenters. The van der Waals surface area contributed by atoms with E-state index in [1.807, 2.05) is 48.9 Å². The van der Waals surface area contributed by atoms with Gasteiger partial charge in [-0.05, 0) is 122 Å². The smallest absolute Gasteiger partial charge is 0.206 e. The van der Waals surface area contributed by atoms with E-state index in [-0.39, 0.29) is 27.9 Å². The van der Waals surface area contributed by atoms with Crippen molar-refractivity contribution in [2.75, 3.05) is 0 Å². The van der Waals surface area contributed by atoms with Crippen LogP contribution in [0.1, 0.15) is 95.5 Å². The maximum atomic E-state index is 15.2. The molecule has 2 heteroatoms. The normalized spacial score (nSPS) is 21.3. The molecule has 0 N–H and O–H groups in total. The van der Waals surface area contributed by atoms with Crippen LogP contribution in [-0.4, -0.2) is 0 Å². The number of hydrogen-bond donors (Lipinski definition) is 0. The summed E-state index contributed by atoms with van der Waals surface area (Å²) >= 11 is 0. The molecule has 2 fully saturated rings. The monoisotopic (exact) mass is 539 g/mol. The highest BCUT2D eigenvalue weighted by atomic mass is 19.1. The Morgan fingerprint density at radius 2 is 1.50 bits per heavy atom. The summed E-state index contributed by atoms with van der Waals surface area (Å²) in [4.78, 5) is 0. The fraction of sp³-hybridized carbons (Fsp3) is 0.395. The molecular weight excluding hydrogens is 489 g/mol. The summed E-state index contributed by atoms with van der Waals surface area (Å²) in [7, 11) is 1.86. The second kappa shape index (κ2) is 11.0. The number of aromatic nitrogens is 1. The topological polar surface area (TPSA) is 3.88 Å². The molecule has 0 aliphatic heterocycles. The van der Waals surface area contributed by atoms with Crippen LogP contribution in [0.2, 0.25) is 0 Å². The van der Waals surface area contributed by atoms with E-state index in [1.165, 1.54) is 38.2 Å². The predicted molar refractivity (Wildman–Crippen MR) is 165 cm³/mol. The van der Waals surface area contributed by atoms with Gasteiger partial charge in [0, 0.05) is 32.9 Å². The van der Waals surface area contributed by atoms with Gasteiger partial charge < -0.3 is 0 Å². The van der Waals surface area contributed by atoms with Crippen LogP contribution < -0.4 is 4.57 Å². The molecule has 0 bridgehead atoms. The van der Waals surface area contributed by atoms with Crippen LogP contribution in [0, 0.1) is 31.9 Å². The van der Waals surface area contributed by atoms with Gasteiger partial charge in [-0.3, -0.25) is 0 Å². The molecule has 2 aliphatic carbocycles. The lowest BCUT2D eigenvalue weighted by Crippen LogP contribution is -2.30. The van der Waals surface area contributed by atoms with Crippen molar-refractivity contribution >= 4 is 0 Å². The first kappa shape index (κ1) is 19.8. The molecule has 0 saturated heterocycles. The average molecular weight is 540 g/mol. The Kier molecular flexibility index (Phi) is 5.41. The van der Waals surface area contributed by atoms with Crippen molar-refractivity contribution < 1.29 is 18.6 Å². The minimum atomic E-state index is -2.62. The van der Waals surface area contributed by atoms with E-state index in [4.69, 9.17) is 8.22 Å². The van der Waals surface area contributed by atoms with Crippen molar-refractivity contribution in [2.45, 2.75) is 84.3 Å². The molecule has 1 nitrogen and oxygen atoms in total. The number of hydrogen-bond acceptors (Lipinski definition) is 0. The maximum Gasteiger partial charge on any atom is 0.213 e. The molecule has 4 aromatic rings. The van der Waals surface area contributed by atoms with E-state index in [0.29, 0.717) is 40.8 Å². The summed E-state index contributed by atoms with van der Waals surface area (Å²) in [6, 6.07) is 19.3. The lowest BCUT2D eigenvalue weighted by Gasteiger charge is -2.43. The zero-order chi connectivity index (χ0) is 33.8. The molecule has 40 heavy (non-hydrogen) atoms. The standard InChI is InChI=1S/C38H43FN/c1-26-23-35(39)34(30-11-7-5-8-12-30)25-33(26)36-24-31(15-20-40(36)4)37-27(2)21-32(22-28(37)3)29-13-18-38(19-14-29)16-9-6-10-17-38/h5,7-8,11-12,15,20-25,29H,6,9-10,13-14,16-19H2,1-4H3/q+1/i2D3,3D3,29D. The Balaban J connectivity index is 1.50. The molecule has 0 amide bonds. The summed E-state index contributed by atoms with van der Waals surface area (Å²) < 4.78 is 78.1. The van der Waals surface area contributed by atoms with Crippen LogP contribution >= 0.6 is 0 Å². The minimum Gasteiger partial charge on any atom is -0.206 e. The van der Waals surface area contributed by atoms with Gasteiger partial charge in [-0.15, -0.1) is 0 Å². The highest BCUT2D eigenvalue weighted by Gasteiger charge is 2.36. The third-order valence-corrected chi connectivity index (χ3v) is 9.49. The molecule has 1 spiro atoms. The van der Waals surface area contributed by atoms with Crippen molar-refractivity contribution in [1.82, 2.24) is 0 Å². The number of nitrogens with zero attached hydrogens (tertiary/aromatic N) is 1. The van der Waals surface area contributed by atoms with Gasteiger partial charge in [-0.25, -0.2) is 8.96 Å². The van der Waals surface area contributed by atoms with Crippen LogP contribution in [0.5, 0.6) is 0 Å². The first-order valence-electron chi connectivity index (χ1n) is 18.2. The molecule has 6 rings (SSSR count). The van der Waals surface area contributed by atoms with Crippen LogP contribution in [0.3, 0.4) is 0 Å². The average Bonchev–Trinajstić information content (AvgIpc) is 3.03. The van der Waals surface area contributed by atoms with Gasteiger partial charge in [0.15, 0.2) is 6.20 Å². The largest absolute Gasteiger partial charge is 0.213 e. The number of rotatable bonds is 4. The first-order chi connectivity index (χ1) is 22.1. The van der Waals surface area contributed by atoms with Crippen LogP contribution in [0.25, 0.3) is 33.5 Å². The van der Waals surface area contributed by atoms with E-state index >= 15 is 4.39 Å². The van der Waals surface area contributed by atoms with Gasteiger partial charge in [-0.2, -0.15) is 0 Å². The Labute approximate surface area is 249 Å². The molecule has 206 valence electrons. The van der Waals surface area contributed by atoms with Gasteiger partial charge in [-0.1, -0.05) is 61.7 Å². The lowest BCUT2D eigenvalue weighted by molar-refractivity contribution is -0.660. The number of halogens is 1. The maximum absolute atomic E-state index is 15.2. The number of aryl methyl sites for hydroxylation is 4. The van der Waals surface area contributed by atoms with Gasteiger partial charge in [0.25, 0.3) is 0 Å². The molecule has 1 heterocycles. The molecule has 3 aromatic carbocycles. The summed E-state index contributed by atoms with van der Waals surface area (Å²) in [5.41, 5.74) is 4.56. The summed E-state index contributed by atoms with van der Waals surface area (Å²) in [6.07, 6.45) is 10.8. The quantitative estimate of drug-likeness (QED) is 0.227. The molecule has 0 radical (unpaired) electrons. The minimum absolute atomic E-state index is 0.0497. The van der Waals surface area contributed by atoms with E-state index in [9.17, 15) is 1.37 Å². The lowest BCUT2D eigenvalue weighted by atomic mass is 9.62. The van der Waals surface area contributed by atoms with E-state index in [2.05, 4.69) is 0 Å². The fourth-order valence-electron chi connectivity index (χ4n) is 7.11. The second-order valence-electron chi connectivity index (χ2n) is 12.0. The van der Waals surface area contributed by atoms with Crippen molar-refractivity contribution in [3.05, 3.63) is 101 Å².